The Kier molecular flexibility index (Phi) is 3.40. The van der Waals surface area contributed by atoms with Gasteiger partial charge in [-0.25, -0.2) is 0 Å². The highest BCUT2D eigenvalue weighted by atomic mass is 16.4. The zero-order valence-electron chi connectivity index (χ0n) is 9.34. The summed E-state index contributed by atoms with van der Waals surface area (Å²) in [7, 11) is 0. The molecule has 2 aromatic rings. The summed E-state index contributed by atoms with van der Waals surface area (Å²) < 4.78 is 0. The van der Waals surface area contributed by atoms with Crippen LogP contribution in [-0.4, -0.2) is 22.3 Å². The van der Waals surface area contributed by atoms with Gasteiger partial charge in [0, 0.05) is 0 Å². The van der Waals surface area contributed by atoms with E-state index in [1.165, 1.54) is 0 Å². The number of hydrogen-bond acceptors (Lipinski definition) is 2. The van der Waals surface area contributed by atoms with Crippen LogP contribution in [0.4, 0.5) is 0 Å². The summed E-state index contributed by atoms with van der Waals surface area (Å²) in [6.07, 6.45) is -0.669. The Morgan fingerprint density at radius 1 is 1.12 bits per heavy atom. The summed E-state index contributed by atoms with van der Waals surface area (Å²) in [5.74, 6) is -0.974. The summed E-state index contributed by atoms with van der Waals surface area (Å²) in [6, 6.07) is 13.8. The van der Waals surface area contributed by atoms with Crippen molar-refractivity contribution in [2.45, 2.75) is 18.9 Å². The number of carbonyl (C=O) groups is 1. The standard InChI is InChI=1S/C14H14O3/c15-13(9-14(16)17)8-10-5-6-11-3-1-2-4-12(11)7-10/h1-7,13,15H,8-9H2,(H,16,17)/t13-/m0/s1. The number of aliphatic carboxylic acids is 1. The molecule has 3 nitrogen and oxygen atoms in total. The molecule has 0 saturated heterocycles. The summed E-state index contributed by atoms with van der Waals surface area (Å²) in [6.45, 7) is 0. The molecule has 0 amide bonds. The van der Waals surface area contributed by atoms with Gasteiger partial charge in [0.2, 0.25) is 0 Å². The van der Waals surface area contributed by atoms with E-state index >= 15 is 0 Å². The molecule has 88 valence electrons. The smallest absolute Gasteiger partial charge is 0.305 e. The number of carboxylic acid groups (broad SMARTS) is 1. The summed E-state index contributed by atoms with van der Waals surface area (Å²) in [5, 5.41) is 20.4. The monoisotopic (exact) mass is 230 g/mol. The lowest BCUT2D eigenvalue weighted by Gasteiger charge is -2.08. The van der Waals surface area contributed by atoms with Crippen molar-refractivity contribution >= 4 is 16.7 Å². The molecule has 0 aromatic heterocycles. The fourth-order valence-corrected chi connectivity index (χ4v) is 1.91. The molecule has 0 spiro atoms. The van der Waals surface area contributed by atoms with Gasteiger partial charge in [-0.2, -0.15) is 0 Å². The fraction of sp³-hybridized carbons (Fsp3) is 0.214. The molecule has 2 rings (SSSR count). The molecule has 0 radical (unpaired) electrons. The minimum absolute atomic E-state index is 0.215. The number of aliphatic hydroxyl groups excluding tert-OH is 1. The van der Waals surface area contributed by atoms with E-state index in [0.29, 0.717) is 6.42 Å². The number of carboxylic acids is 1. The zero-order chi connectivity index (χ0) is 12.3. The van der Waals surface area contributed by atoms with E-state index in [2.05, 4.69) is 0 Å². The highest BCUT2D eigenvalue weighted by Gasteiger charge is 2.10. The maximum Gasteiger partial charge on any atom is 0.305 e. The van der Waals surface area contributed by atoms with E-state index in [1.807, 2.05) is 42.5 Å². The van der Waals surface area contributed by atoms with Crippen molar-refractivity contribution in [1.82, 2.24) is 0 Å². The van der Waals surface area contributed by atoms with Crippen LogP contribution < -0.4 is 0 Å². The first-order valence-corrected chi connectivity index (χ1v) is 5.52. The van der Waals surface area contributed by atoms with Crippen LogP contribution in [0.2, 0.25) is 0 Å². The Labute approximate surface area is 99.3 Å². The maximum atomic E-state index is 10.5. The van der Waals surface area contributed by atoms with Crippen molar-refractivity contribution in [2.75, 3.05) is 0 Å². The molecule has 3 heteroatoms. The van der Waals surface area contributed by atoms with Crippen molar-refractivity contribution in [3.63, 3.8) is 0 Å². The van der Waals surface area contributed by atoms with Gasteiger partial charge >= 0.3 is 5.97 Å². The molecule has 0 saturated carbocycles. The molecular formula is C14H14O3. The number of hydrogen-bond donors (Lipinski definition) is 2. The fourth-order valence-electron chi connectivity index (χ4n) is 1.91. The Morgan fingerprint density at radius 2 is 1.82 bits per heavy atom. The SMILES string of the molecule is O=C(O)C[C@@H](O)Cc1ccc2ccccc2c1. The average Bonchev–Trinajstić information content (AvgIpc) is 2.27. The topological polar surface area (TPSA) is 57.5 Å². The van der Waals surface area contributed by atoms with Crippen LogP contribution in [0.1, 0.15) is 12.0 Å². The predicted molar refractivity (Wildman–Crippen MR) is 65.9 cm³/mol. The second kappa shape index (κ2) is 4.97. The molecule has 17 heavy (non-hydrogen) atoms. The lowest BCUT2D eigenvalue weighted by atomic mass is 10.0. The van der Waals surface area contributed by atoms with Crippen LogP contribution in [0.25, 0.3) is 10.8 Å². The molecule has 1 atom stereocenters. The minimum Gasteiger partial charge on any atom is -0.481 e. The van der Waals surface area contributed by atoms with Gasteiger partial charge in [0.25, 0.3) is 0 Å². The molecule has 0 bridgehead atoms. The molecule has 0 fully saturated rings. The first kappa shape index (κ1) is 11.6. The third-order valence-corrected chi connectivity index (χ3v) is 2.70. The third kappa shape index (κ3) is 3.04. The lowest BCUT2D eigenvalue weighted by Crippen LogP contribution is -2.15. The lowest BCUT2D eigenvalue weighted by molar-refractivity contribution is -0.139. The number of aliphatic hydroxyl groups is 1. The van der Waals surface area contributed by atoms with E-state index in [-0.39, 0.29) is 6.42 Å². The zero-order valence-corrected chi connectivity index (χ0v) is 9.34. The third-order valence-electron chi connectivity index (χ3n) is 2.70. The Morgan fingerprint density at radius 3 is 2.53 bits per heavy atom. The van der Waals surface area contributed by atoms with Crippen LogP contribution in [-0.2, 0) is 11.2 Å². The molecule has 0 unspecified atom stereocenters. The van der Waals surface area contributed by atoms with Gasteiger partial charge in [0.05, 0.1) is 12.5 Å². The van der Waals surface area contributed by atoms with Gasteiger partial charge in [0.1, 0.15) is 0 Å². The van der Waals surface area contributed by atoms with Gasteiger partial charge in [-0.15, -0.1) is 0 Å². The minimum atomic E-state index is -0.974. The number of benzene rings is 2. The van der Waals surface area contributed by atoms with Crippen LogP contribution in [0.5, 0.6) is 0 Å². The quantitative estimate of drug-likeness (QED) is 0.846. The molecule has 0 aliphatic heterocycles. The maximum absolute atomic E-state index is 10.5. The predicted octanol–water partition coefficient (Wildman–Crippen LogP) is 2.22. The summed E-state index contributed by atoms with van der Waals surface area (Å²) in [4.78, 5) is 10.5. The van der Waals surface area contributed by atoms with Gasteiger partial charge in [0.15, 0.2) is 0 Å². The highest BCUT2D eigenvalue weighted by molar-refractivity contribution is 5.83. The molecule has 0 heterocycles. The van der Waals surface area contributed by atoms with E-state index in [1.54, 1.807) is 0 Å². The van der Waals surface area contributed by atoms with Gasteiger partial charge < -0.3 is 10.2 Å². The molecule has 2 aromatic carbocycles. The molecular weight excluding hydrogens is 216 g/mol. The summed E-state index contributed by atoms with van der Waals surface area (Å²) >= 11 is 0. The van der Waals surface area contributed by atoms with Crippen LogP contribution in [0.15, 0.2) is 42.5 Å². The first-order chi connectivity index (χ1) is 8.15. The average molecular weight is 230 g/mol. The summed E-state index contributed by atoms with van der Waals surface area (Å²) in [5.41, 5.74) is 0.956. The van der Waals surface area contributed by atoms with Gasteiger partial charge in [-0.3, -0.25) is 4.79 Å². The van der Waals surface area contributed by atoms with Crippen molar-refractivity contribution < 1.29 is 15.0 Å². The molecule has 2 N–H and O–H groups in total. The number of fused-ring (bicyclic) bond motifs is 1. The van der Waals surface area contributed by atoms with Crippen LogP contribution in [0, 0.1) is 0 Å². The second-order valence-corrected chi connectivity index (χ2v) is 4.14. The first-order valence-electron chi connectivity index (χ1n) is 5.52. The largest absolute Gasteiger partial charge is 0.481 e. The second-order valence-electron chi connectivity index (χ2n) is 4.14. The Bertz CT molecular complexity index is 534. The van der Waals surface area contributed by atoms with E-state index in [9.17, 15) is 9.90 Å². The highest BCUT2D eigenvalue weighted by Crippen LogP contribution is 2.17. The van der Waals surface area contributed by atoms with Gasteiger partial charge in [-0.1, -0.05) is 42.5 Å². The van der Waals surface area contributed by atoms with E-state index in [4.69, 9.17) is 5.11 Å². The van der Waals surface area contributed by atoms with Crippen molar-refractivity contribution in [2.24, 2.45) is 0 Å². The van der Waals surface area contributed by atoms with Crippen molar-refractivity contribution in [1.29, 1.82) is 0 Å². The van der Waals surface area contributed by atoms with Crippen molar-refractivity contribution in [3.05, 3.63) is 48.0 Å². The molecule has 0 aliphatic carbocycles. The van der Waals surface area contributed by atoms with Crippen LogP contribution in [0.3, 0.4) is 0 Å². The Balaban J connectivity index is 2.16. The van der Waals surface area contributed by atoms with Gasteiger partial charge in [-0.05, 0) is 22.8 Å². The normalized spacial score (nSPS) is 12.5. The van der Waals surface area contributed by atoms with Crippen LogP contribution >= 0.6 is 0 Å². The number of rotatable bonds is 4. The molecule has 0 aliphatic rings. The van der Waals surface area contributed by atoms with Crippen molar-refractivity contribution in [3.8, 4) is 0 Å². The Hall–Kier alpha value is -1.87. The van der Waals surface area contributed by atoms with E-state index < -0.39 is 12.1 Å². The van der Waals surface area contributed by atoms with E-state index in [0.717, 1.165) is 16.3 Å².